The highest BCUT2D eigenvalue weighted by Gasteiger charge is 2.33. The van der Waals surface area contributed by atoms with Crippen LogP contribution in [0.4, 0.5) is 5.69 Å². The topological polar surface area (TPSA) is 86.8 Å². The lowest BCUT2D eigenvalue weighted by molar-refractivity contribution is -0.140. The molecule has 0 bridgehead atoms. The zero-order valence-electron chi connectivity index (χ0n) is 24.3. The number of nitrogens with zero attached hydrogens (tertiary/aromatic N) is 2. The minimum atomic E-state index is -3.80. The van der Waals surface area contributed by atoms with Crippen LogP contribution in [0.5, 0.6) is 0 Å². The number of rotatable bonds is 12. The van der Waals surface area contributed by atoms with Crippen LogP contribution in [0.25, 0.3) is 0 Å². The Morgan fingerprint density at radius 2 is 1.50 bits per heavy atom. The second-order valence-corrected chi connectivity index (χ2v) is 12.5. The summed E-state index contributed by atoms with van der Waals surface area (Å²) in [6.45, 7) is 9.40. The molecule has 0 aliphatic carbocycles. The van der Waals surface area contributed by atoms with Crippen molar-refractivity contribution in [2.24, 2.45) is 0 Å². The number of nitrogens with one attached hydrogen (secondary N) is 1. The van der Waals surface area contributed by atoms with Crippen LogP contribution in [-0.2, 0) is 32.6 Å². The molecular weight excluding hydrogens is 522 g/mol. The summed E-state index contributed by atoms with van der Waals surface area (Å²) in [5, 5.41) is 3.05. The maximum Gasteiger partial charge on any atom is 0.244 e. The highest BCUT2D eigenvalue weighted by Crippen LogP contribution is 2.23. The normalized spacial score (nSPS) is 12.8. The molecule has 2 atom stereocenters. The van der Waals surface area contributed by atoms with Crippen LogP contribution in [0, 0.1) is 20.8 Å². The molecule has 0 spiro atoms. The average Bonchev–Trinajstić information content (AvgIpc) is 2.89. The van der Waals surface area contributed by atoms with Gasteiger partial charge in [0.1, 0.15) is 12.6 Å². The molecule has 8 heteroatoms. The molecule has 0 aliphatic rings. The summed E-state index contributed by atoms with van der Waals surface area (Å²) < 4.78 is 27.1. The van der Waals surface area contributed by atoms with Crippen molar-refractivity contribution in [1.82, 2.24) is 10.2 Å². The number of carbonyl (C=O) groups excluding carboxylic acids is 2. The Kier molecular flexibility index (Phi) is 10.5. The van der Waals surface area contributed by atoms with Crippen LogP contribution in [0.3, 0.4) is 0 Å². The van der Waals surface area contributed by atoms with E-state index in [2.05, 4.69) is 5.32 Å². The molecule has 40 heavy (non-hydrogen) atoms. The molecule has 0 heterocycles. The van der Waals surface area contributed by atoms with Gasteiger partial charge in [-0.1, -0.05) is 67.6 Å². The quantitative estimate of drug-likeness (QED) is 0.339. The van der Waals surface area contributed by atoms with E-state index in [-0.39, 0.29) is 18.5 Å². The van der Waals surface area contributed by atoms with E-state index in [1.807, 2.05) is 95.3 Å². The molecule has 1 N–H and O–H groups in total. The van der Waals surface area contributed by atoms with Gasteiger partial charge in [-0.2, -0.15) is 0 Å². The number of benzene rings is 3. The summed E-state index contributed by atoms with van der Waals surface area (Å²) in [5.41, 5.74) is 4.99. The van der Waals surface area contributed by atoms with Gasteiger partial charge in [-0.3, -0.25) is 13.9 Å². The molecule has 7 nitrogen and oxygen atoms in total. The van der Waals surface area contributed by atoms with E-state index in [0.717, 1.165) is 44.8 Å². The van der Waals surface area contributed by atoms with Gasteiger partial charge < -0.3 is 10.2 Å². The van der Waals surface area contributed by atoms with Crippen LogP contribution in [0.1, 0.15) is 48.1 Å². The predicted molar refractivity (Wildman–Crippen MR) is 162 cm³/mol. The monoisotopic (exact) mass is 563 g/mol. The first-order valence-corrected chi connectivity index (χ1v) is 15.5. The Hall–Kier alpha value is -3.65. The predicted octanol–water partition coefficient (Wildman–Crippen LogP) is 4.93. The summed E-state index contributed by atoms with van der Waals surface area (Å²) in [5.74, 6) is -0.717. The molecule has 3 aromatic carbocycles. The molecule has 0 fully saturated rings. The van der Waals surface area contributed by atoms with Gasteiger partial charge >= 0.3 is 0 Å². The minimum Gasteiger partial charge on any atom is -0.352 e. The minimum absolute atomic E-state index is 0.0797. The molecule has 214 valence electrons. The van der Waals surface area contributed by atoms with E-state index >= 15 is 0 Å². The smallest absolute Gasteiger partial charge is 0.244 e. The second kappa shape index (κ2) is 13.6. The van der Waals surface area contributed by atoms with Crippen molar-refractivity contribution in [1.29, 1.82) is 0 Å². The third-order valence-electron chi connectivity index (χ3n) is 7.05. The largest absolute Gasteiger partial charge is 0.352 e. The van der Waals surface area contributed by atoms with Gasteiger partial charge in [0.2, 0.25) is 21.8 Å². The maximum atomic E-state index is 14.2. The third-order valence-corrected chi connectivity index (χ3v) is 8.19. The van der Waals surface area contributed by atoms with Crippen molar-refractivity contribution in [2.75, 3.05) is 17.1 Å². The van der Waals surface area contributed by atoms with Gasteiger partial charge in [0.05, 0.1) is 11.9 Å². The first-order chi connectivity index (χ1) is 18.9. The Labute approximate surface area is 239 Å². The number of hydrogen-bond donors (Lipinski definition) is 1. The van der Waals surface area contributed by atoms with Crippen LogP contribution >= 0.6 is 0 Å². The zero-order valence-corrected chi connectivity index (χ0v) is 25.2. The Morgan fingerprint density at radius 3 is 2.08 bits per heavy atom. The molecule has 3 rings (SSSR count). The van der Waals surface area contributed by atoms with Crippen molar-refractivity contribution < 1.29 is 18.0 Å². The standard InChI is InChI=1S/C32H41N3O4S/c1-7-26(5)33-32(37)30(20-27-14-9-8-10-15-27)34(21-28-16-12-11-13-25(28)4)31(36)22-35(40(6,38)39)29-18-23(2)17-24(3)19-29/h8-19,26,30H,7,20-22H2,1-6H3,(H,33,37)/t26-,30+/m0/s1. The van der Waals surface area contributed by atoms with Crippen molar-refractivity contribution >= 4 is 27.5 Å². The molecular formula is C32H41N3O4S. The number of hydrogen-bond acceptors (Lipinski definition) is 4. The molecule has 0 aromatic heterocycles. The third kappa shape index (κ3) is 8.42. The number of sulfonamides is 1. The van der Waals surface area contributed by atoms with Gasteiger partial charge in [-0.25, -0.2) is 8.42 Å². The van der Waals surface area contributed by atoms with E-state index in [4.69, 9.17) is 0 Å². The van der Waals surface area contributed by atoms with E-state index < -0.39 is 28.5 Å². The number of carbonyl (C=O) groups is 2. The Bertz CT molecular complexity index is 1400. The molecule has 0 saturated carbocycles. The van der Waals surface area contributed by atoms with Gasteiger partial charge in [-0.15, -0.1) is 0 Å². The number of amides is 2. The number of anilines is 1. The summed E-state index contributed by atoms with van der Waals surface area (Å²) in [7, 11) is -3.80. The maximum absolute atomic E-state index is 14.2. The lowest BCUT2D eigenvalue weighted by Crippen LogP contribution is -2.54. The van der Waals surface area contributed by atoms with E-state index in [1.54, 1.807) is 12.1 Å². The first kappa shape index (κ1) is 30.9. The molecule has 0 unspecified atom stereocenters. The van der Waals surface area contributed by atoms with E-state index in [9.17, 15) is 18.0 Å². The first-order valence-electron chi connectivity index (χ1n) is 13.6. The molecule has 2 amide bonds. The zero-order chi connectivity index (χ0) is 29.4. The highest BCUT2D eigenvalue weighted by molar-refractivity contribution is 7.92. The molecule has 0 saturated heterocycles. The lowest BCUT2D eigenvalue weighted by atomic mass is 10.0. The van der Waals surface area contributed by atoms with Gasteiger partial charge in [0.25, 0.3) is 0 Å². The van der Waals surface area contributed by atoms with Crippen molar-refractivity contribution in [2.45, 2.75) is 66.1 Å². The average molecular weight is 564 g/mol. The van der Waals surface area contributed by atoms with Crippen molar-refractivity contribution in [3.63, 3.8) is 0 Å². The fourth-order valence-electron chi connectivity index (χ4n) is 4.67. The lowest BCUT2D eigenvalue weighted by Gasteiger charge is -2.34. The van der Waals surface area contributed by atoms with Crippen LogP contribution in [0.15, 0.2) is 72.8 Å². The summed E-state index contributed by atoms with van der Waals surface area (Å²) in [4.78, 5) is 29.5. The van der Waals surface area contributed by atoms with Gasteiger partial charge in [-0.05, 0) is 74.1 Å². The van der Waals surface area contributed by atoms with Gasteiger partial charge in [0, 0.05) is 19.0 Å². The van der Waals surface area contributed by atoms with Crippen molar-refractivity contribution in [3.8, 4) is 0 Å². The summed E-state index contributed by atoms with van der Waals surface area (Å²) in [6.07, 6.45) is 2.13. The highest BCUT2D eigenvalue weighted by atomic mass is 32.2. The number of aryl methyl sites for hydroxylation is 3. The van der Waals surface area contributed by atoms with Gasteiger partial charge in [0.15, 0.2) is 0 Å². The van der Waals surface area contributed by atoms with Crippen LogP contribution < -0.4 is 9.62 Å². The molecule has 3 aromatic rings. The van der Waals surface area contributed by atoms with Crippen LogP contribution in [-0.4, -0.2) is 50.0 Å². The van der Waals surface area contributed by atoms with Crippen LogP contribution in [0.2, 0.25) is 0 Å². The van der Waals surface area contributed by atoms with Crippen molar-refractivity contribution in [3.05, 3.63) is 101 Å². The molecule has 0 aliphatic heterocycles. The molecule has 0 radical (unpaired) electrons. The fourth-order valence-corrected chi connectivity index (χ4v) is 5.51. The summed E-state index contributed by atoms with van der Waals surface area (Å²) >= 11 is 0. The Balaban J connectivity index is 2.09. The van der Waals surface area contributed by atoms with E-state index in [0.29, 0.717) is 12.1 Å². The Morgan fingerprint density at radius 1 is 0.900 bits per heavy atom. The second-order valence-electron chi connectivity index (χ2n) is 10.6. The summed E-state index contributed by atoms with van der Waals surface area (Å²) in [6, 6.07) is 21.8. The van der Waals surface area contributed by atoms with E-state index in [1.165, 1.54) is 4.90 Å². The SMILES string of the molecule is CC[C@H](C)NC(=O)[C@@H](Cc1ccccc1)N(Cc1ccccc1C)C(=O)CN(c1cc(C)cc(C)c1)S(C)(=O)=O. The fraction of sp³-hybridized carbons (Fsp3) is 0.375.